The molecule has 1 aromatic rings. The number of rotatable bonds is 3. The zero-order valence-electron chi connectivity index (χ0n) is 11.2. The average Bonchev–Trinajstić information content (AvgIpc) is 2.79. The van der Waals surface area contributed by atoms with Gasteiger partial charge in [0, 0.05) is 24.4 Å². The first-order valence-corrected chi connectivity index (χ1v) is 7.75. The first-order chi connectivity index (χ1) is 9.23. The summed E-state index contributed by atoms with van der Waals surface area (Å²) in [5.41, 5.74) is 0.998. The molecule has 20 heavy (non-hydrogen) atoms. The van der Waals surface area contributed by atoms with Gasteiger partial charge in [0.25, 0.3) is 0 Å². The van der Waals surface area contributed by atoms with Crippen LogP contribution in [-0.4, -0.2) is 26.6 Å². The number of carbonyl (C=O) groups is 1. The predicted octanol–water partition coefficient (Wildman–Crippen LogP) is 0.410. The van der Waals surface area contributed by atoms with Gasteiger partial charge in [0.15, 0.2) is 0 Å². The van der Waals surface area contributed by atoms with Crippen LogP contribution >= 0.6 is 0 Å². The number of furan rings is 1. The third kappa shape index (κ3) is 2.69. The molecular weight excluding hydrogens is 282 g/mol. The van der Waals surface area contributed by atoms with Crippen LogP contribution in [-0.2, 0) is 14.8 Å². The van der Waals surface area contributed by atoms with Crippen molar-refractivity contribution in [2.24, 2.45) is 11.1 Å². The van der Waals surface area contributed by atoms with Crippen LogP contribution in [0.2, 0.25) is 0 Å². The van der Waals surface area contributed by atoms with E-state index >= 15 is 0 Å². The minimum atomic E-state index is -3.63. The average molecular weight is 297 g/mol. The molecule has 1 fully saturated rings. The Balaban J connectivity index is 2.29. The zero-order chi connectivity index (χ0) is 15.1. The molecule has 1 aliphatic rings. The van der Waals surface area contributed by atoms with Gasteiger partial charge < -0.3 is 4.42 Å². The number of amides is 1. The summed E-state index contributed by atoms with van der Waals surface area (Å²) in [6, 6.07) is 2.01. The van der Waals surface area contributed by atoms with Gasteiger partial charge in [0.2, 0.25) is 21.8 Å². The van der Waals surface area contributed by atoms with Gasteiger partial charge in [0.1, 0.15) is 17.4 Å². The predicted molar refractivity (Wildman–Crippen MR) is 71.3 cm³/mol. The molecule has 2 N–H and O–H groups in total. The lowest BCUT2D eigenvalue weighted by Crippen LogP contribution is -2.27. The van der Waals surface area contributed by atoms with E-state index in [1.165, 1.54) is 4.90 Å². The largest absolute Gasteiger partial charge is 0.444 e. The molecule has 1 aromatic heterocycles. The molecule has 2 rings (SSSR count). The third-order valence-electron chi connectivity index (χ3n) is 3.40. The maximum Gasteiger partial charge on any atom is 0.229 e. The van der Waals surface area contributed by atoms with E-state index in [-0.39, 0.29) is 36.4 Å². The highest BCUT2D eigenvalue weighted by atomic mass is 32.2. The molecule has 1 aliphatic heterocycles. The van der Waals surface area contributed by atoms with Crippen molar-refractivity contribution in [1.82, 2.24) is 0 Å². The number of primary sulfonamides is 1. The van der Waals surface area contributed by atoms with Crippen molar-refractivity contribution in [3.63, 3.8) is 0 Å². The van der Waals surface area contributed by atoms with Crippen LogP contribution in [0.15, 0.2) is 4.42 Å². The van der Waals surface area contributed by atoms with Gasteiger partial charge in [-0.2, -0.15) is 5.26 Å². The molecule has 1 atom stereocenters. The smallest absolute Gasteiger partial charge is 0.229 e. The van der Waals surface area contributed by atoms with Crippen LogP contribution < -0.4 is 10.0 Å². The summed E-state index contributed by atoms with van der Waals surface area (Å²) in [5.74, 6) is -0.127. The number of nitriles is 1. The van der Waals surface area contributed by atoms with Gasteiger partial charge in [-0.1, -0.05) is 0 Å². The number of nitrogens with zero attached hydrogens (tertiary/aromatic N) is 2. The van der Waals surface area contributed by atoms with Crippen molar-refractivity contribution < 1.29 is 17.6 Å². The molecule has 0 spiro atoms. The highest BCUT2D eigenvalue weighted by Crippen LogP contribution is 2.33. The van der Waals surface area contributed by atoms with Gasteiger partial charge in [-0.05, 0) is 13.8 Å². The second-order valence-corrected chi connectivity index (χ2v) is 6.64. The van der Waals surface area contributed by atoms with E-state index in [1.807, 2.05) is 6.07 Å². The van der Waals surface area contributed by atoms with Crippen molar-refractivity contribution in [3.05, 3.63) is 16.9 Å². The first-order valence-electron chi connectivity index (χ1n) is 6.04. The lowest BCUT2D eigenvalue weighted by molar-refractivity contribution is -0.117. The maximum atomic E-state index is 12.0. The van der Waals surface area contributed by atoms with Crippen LogP contribution in [0.5, 0.6) is 0 Å². The fraction of sp³-hybridized carbons (Fsp3) is 0.500. The van der Waals surface area contributed by atoms with E-state index in [2.05, 4.69) is 0 Å². The Morgan fingerprint density at radius 3 is 2.70 bits per heavy atom. The van der Waals surface area contributed by atoms with E-state index in [0.717, 1.165) is 0 Å². The summed E-state index contributed by atoms with van der Waals surface area (Å²) in [5, 5.41) is 14.1. The third-order valence-corrected chi connectivity index (χ3v) is 4.33. The number of aryl methyl sites for hydroxylation is 1. The highest BCUT2D eigenvalue weighted by Gasteiger charge is 2.36. The second kappa shape index (κ2) is 4.92. The monoisotopic (exact) mass is 297 g/mol. The van der Waals surface area contributed by atoms with Crippen LogP contribution in [0.1, 0.15) is 23.3 Å². The molecule has 1 saturated heterocycles. The van der Waals surface area contributed by atoms with Crippen molar-refractivity contribution in [2.75, 3.05) is 17.2 Å². The lowest BCUT2D eigenvalue weighted by atomic mass is 10.1. The Labute approximate surface area is 117 Å². The van der Waals surface area contributed by atoms with E-state index in [4.69, 9.17) is 14.8 Å². The van der Waals surface area contributed by atoms with E-state index in [9.17, 15) is 13.2 Å². The number of carbonyl (C=O) groups excluding carboxylic acids is 1. The van der Waals surface area contributed by atoms with E-state index in [1.54, 1.807) is 13.8 Å². The SMILES string of the molecule is Cc1oc(N2CC(CS(N)(=O)=O)CC2=O)c(C#N)c1C. The number of nitrogens with two attached hydrogens (primary N) is 1. The number of anilines is 1. The van der Waals surface area contributed by atoms with Crippen molar-refractivity contribution in [2.45, 2.75) is 20.3 Å². The van der Waals surface area contributed by atoms with Crippen LogP contribution in [0, 0.1) is 31.1 Å². The molecule has 1 unspecified atom stereocenters. The zero-order valence-corrected chi connectivity index (χ0v) is 12.0. The summed E-state index contributed by atoms with van der Waals surface area (Å²) in [6.07, 6.45) is 0.0834. The van der Waals surface area contributed by atoms with Gasteiger partial charge in [-0.3, -0.25) is 9.69 Å². The number of hydrogen-bond acceptors (Lipinski definition) is 5. The molecule has 0 radical (unpaired) electrons. The fourth-order valence-electron chi connectivity index (χ4n) is 2.35. The Hall–Kier alpha value is -1.85. The Morgan fingerprint density at radius 1 is 1.50 bits per heavy atom. The normalized spacial score (nSPS) is 19.4. The Bertz CT molecular complexity index is 699. The van der Waals surface area contributed by atoms with E-state index in [0.29, 0.717) is 16.9 Å². The van der Waals surface area contributed by atoms with Crippen molar-refractivity contribution in [3.8, 4) is 6.07 Å². The lowest BCUT2D eigenvalue weighted by Gasteiger charge is -2.13. The molecule has 0 bridgehead atoms. The van der Waals surface area contributed by atoms with Gasteiger partial charge >= 0.3 is 0 Å². The van der Waals surface area contributed by atoms with Crippen LogP contribution in [0.4, 0.5) is 5.88 Å². The molecule has 0 saturated carbocycles. The molecule has 7 nitrogen and oxygen atoms in total. The van der Waals surface area contributed by atoms with Gasteiger partial charge in [-0.15, -0.1) is 0 Å². The van der Waals surface area contributed by atoms with Crippen LogP contribution in [0.25, 0.3) is 0 Å². The minimum absolute atomic E-state index is 0.0834. The van der Waals surface area contributed by atoms with Crippen molar-refractivity contribution >= 4 is 21.8 Å². The summed E-state index contributed by atoms with van der Waals surface area (Å²) in [6.45, 7) is 3.64. The summed E-state index contributed by atoms with van der Waals surface area (Å²) in [4.78, 5) is 13.3. The van der Waals surface area contributed by atoms with Gasteiger partial charge in [-0.25, -0.2) is 13.6 Å². The standard InChI is InChI=1S/C12H15N3O4S/c1-7-8(2)19-12(10(7)4-13)15-5-9(3-11(15)16)6-20(14,17)18/h9H,3,5-6H2,1-2H3,(H2,14,17,18). The molecule has 0 aliphatic carbocycles. The highest BCUT2D eigenvalue weighted by molar-refractivity contribution is 7.89. The molecule has 0 aromatic carbocycles. The quantitative estimate of drug-likeness (QED) is 0.867. The molecule has 2 heterocycles. The molecule has 108 valence electrons. The van der Waals surface area contributed by atoms with Gasteiger partial charge in [0.05, 0.1) is 5.75 Å². The second-order valence-electron chi connectivity index (χ2n) is 4.98. The topological polar surface area (TPSA) is 117 Å². The summed E-state index contributed by atoms with van der Waals surface area (Å²) in [7, 11) is -3.63. The summed E-state index contributed by atoms with van der Waals surface area (Å²) >= 11 is 0. The van der Waals surface area contributed by atoms with Crippen LogP contribution in [0.3, 0.4) is 0 Å². The van der Waals surface area contributed by atoms with E-state index < -0.39 is 10.0 Å². The molecule has 1 amide bonds. The number of hydrogen-bond donors (Lipinski definition) is 1. The minimum Gasteiger partial charge on any atom is -0.444 e. The number of sulfonamides is 1. The maximum absolute atomic E-state index is 12.0. The Kier molecular flexibility index (Phi) is 3.58. The van der Waals surface area contributed by atoms with Crippen molar-refractivity contribution in [1.29, 1.82) is 5.26 Å². The molecular formula is C12H15N3O4S. The summed E-state index contributed by atoms with van der Waals surface area (Å²) < 4.78 is 27.7. The fourth-order valence-corrected chi connectivity index (χ4v) is 3.23. The Morgan fingerprint density at radius 2 is 2.15 bits per heavy atom. The molecule has 8 heteroatoms. The first kappa shape index (κ1) is 14.6.